The lowest BCUT2D eigenvalue weighted by atomic mass is 10.1. The summed E-state index contributed by atoms with van der Waals surface area (Å²) in [6, 6.07) is 7.57. The van der Waals surface area contributed by atoms with Crippen LogP contribution in [0.1, 0.15) is 25.6 Å². The summed E-state index contributed by atoms with van der Waals surface area (Å²) in [6.45, 7) is 4.15. The zero-order chi connectivity index (χ0) is 19.0. The van der Waals surface area contributed by atoms with Crippen molar-refractivity contribution in [3.8, 4) is 17.1 Å². The molecule has 0 radical (unpaired) electrons. The van der Waals surface area contributed by atoms with Crippen molar-refractivity contribution in [2.75, 3.05) is 12.4 Å². The van der Waals surface area contributed by atoms with Crippen molar-refractivity contribution in [3.05, 3.63) is 42.5 Å². The van der Waals surface area contributed by atoms with Crippen LogP contribution in [0.5, 0.6) is 5.88 Å². The van der Waals surface area contributed by atoms with Crippen LogP contribution in [0.15, 0.2) is 36.7 Å². The van der Waals surface area contributed by atoms with Crippen LogP contribution in [0.4, 0.5) is 11.8 Å². The summed E-state index contributed by atoms with van der Waals surface area (Å²) >= 11 is 0. The number of anilines is 2. The zero-order valence-corrected chi connectivity index (χ0v) is 15.6. The molecule has 1 N–H and O–H groups in total. The molecule has 0 fully saturated rings. The molecule has 0 saturated carbocycles. The van der Waals surface area contributed by atoms with Crippen LogP contribution in [0, 0.1) is 0 Å². The molecule has 0 amide bonds. The van der Waals surface area contributed by atoms with E-state index in [0.717, 1.165) is 22.9 Å². The highest BCUT2D eigenvalue weighted by Gasteiger charge is 2.16. The first-order chi connectivity index (χ1) is 13.1. The minimum Gasteiger partial charge on any atom is -0.482 e. The van der Waals surface area contributed by atoms with Crippen molar-refractivity contribution in [1.82, 2.24) is 34.3 Å². The molecule has 9 nitrogen and oxygen atoms in total. The first-order valence-electron chi connectivity index (χ1n) is 8.58. The van der Waals surface area contributed by atoms with Gasteiger partial charge in [-0.3, -0.25) is 4.68 Å². The lowest BCUT2D eigenvalue weighted by Crippen LogP contribution is -2.04. The number of rotatable bonds is 5. The summed E-state index contributed by atoms with van der Waals surface area (Å²) in [5.74, 6) is 3.04. The highest BCUT2D eigenvalue weighted by atomic mass is 16.5. The van der Waals surface area contributed by atoms with Gasteiger partial charge in [-0.2, -0.15) is 5.10 Å². The average Bonchev–Trinajstić information content (AvgIpc) is 3.27. The van der Waals surface area contributed by atoms with Gasteiger partial charge in [0.1, 0.15) is 11.6 Å². The normalized spacial score (nSPS) is 11.3. The predicted molar refractivity (Wildman–Crippen MR) is 101 cm³/mol. The molecule has 0 unspecified atom stereocenters. The van der Waals surface area contributed by atoms with E-state index in [4.69, 9.17) is 4.74 Å². The van der Waals surface area contributed by atoms with Crippen molar-refractivity contribution < 1.29 is 4.74 Å². The van der Waals surface area contributed by atoms with Gasteiger partial charge in [0, 0.05) is 36.9 Å². The molecule has 0 saturated heterocycles. The van der Waals surface area contributed by atoms with Gasteiger partial charge in [0.05, 0.1) is 19.0 Å². The third-order valence-electron chi connectivity index (χ3n) is 4.23. The van der Waals surface area contributed by atoms with Gasteiger partial charge in [0.15, 0.2) is 5.65 Å². The van der Waals surface area contributed by atoms with Gasteiger partial charge >= 0.3 is 0 Å². The van der Waals surface area contributed by atoms with Gasteiger partial charge in [-0.25, -0.2) is 14.4 Å². The van der Waals surface area contributed by atoms with Crippen LogP contribution in [0.2, 0.25) is 0 Å². The molecule has 0 aliphatic carbocycles. The zero-order valence-electron chi connectivity index (χ0n) is 15.6. The van der Waals surface area contributed by atoms with Crippen molar-refractivity contribution in [3.63, 3.8) is 0 Å². The summed E-state index contributed by atoms with van der Waals surface area (Å²) in [5.41, 5.74) is 2.34. The fourth-order valence-electron chi connectivity index (χ4n) is 2.87. The first-order valence-corrected chi connectivity index (χ1v) is 8.58. The Labute approximate surface area is 156 Å². The lowest BCUT2D eigenvalue weighted by molar-refractivity contribution is 0.389. The summed E-state index contributed by atoms with van der Waals surface area (Å²) in [7, 11) is 3.49. The highest BCUT2D eigenvalue weighted by Crippen LogP contribution is 2.28. The highest BCUT2D eigenvalue weighted by molar-refractivity contribution is 5.67. The Kier molecular flexibility index (Phi) is 4.19. The molecule has 9 heteroatoms. The fraction of sp³-hybridized carbons (Fsp3) is 0.278. The molecule has 138 valence electrons. The number of nitrogens with zero attached hydrogens (tertiary/aromatic N) is 7. The smallest absolute Gasteiger partial charge is 0.228 e. The van der Waals surface area contributed by atoms with Gasteiger partial charge in [-0.05, 0) is 12.1 Å². The van der Waals surface area contributed by atoms with E-state index in [9.17, 15) is 0 Å². The summed E-state index contributed by atoms with van der Waals surface area (Å²) in [4.78, 5) is 8.89. The van der Waals surface area contributed by atoms with Crippen LogP contribution in [0.25, 0.3) is 16.9 Å². The standard InChI is InChI=1S/C18H20N8O/c1-11(2)17-24-23-15-9-12(10-16(27-4)26(15)17)13-5-7-19-18(21-13)22-14-6-8-20-25(14)3/h5-11H,1-4H3,(H,19,21,22). The summed E-state index contributed by atoms with van der Waals surface area (Å²) < 4.78 is 9.22. The number of ether oxygens (including phenoxy) is 1. The topological polar surface area (TPSA) is 95.0 Å². The number of aryl methyl sites for hydroxylation is 1. The molecule has 0 bridgehead atoms. The number of hydrogen-bond donors (Lipinski definition) is 1. The number of hydrogen-bond acceptors (Lipinski definition) is 7. The van der Waals surface area contributed by atoms with E-state index >= 15 is 0 Å². The van der Waals surface area contributed by atoms with Gasteiger partial charge < -0.3 is 10.1 Å². The van der Waals surface area contributed by atoms with Gasteiger partial charge in [0.25, 0.3) is 0 Å². The second-order valence-corrected chi connectivity index (χ2v) is 6.42. The van der Waals surface area contributed by atoms with Gasteiger partial charge in [0.2, 0.25) is 11.8 Å². The van der Waals surface area contributed by atoms with Crippen LogP contribution >= 0.6 is 0 Å². The maximum absolute atomic E-state index is 5.58. The maximum atomic E-state index is 5.58. The van der Waals surface area contributed by atoms with Crippen LogP contribution in [0.3, 0.4) is 0 Å². The number of methoxy groups -OCH3 is 1. The van der Waals surface area contributed by atoms with Crippen molar-refractivity contribution in [1.29, 1.82) is 0 Å². The van der Waals surface area contributed by atoms with Gasteiger partial charge in [-0.15, -0.1) is 10.2 Å². The molecule has 0 spiro atoms. The average molecular weight is 364 g/mol. The number of fused-ring (bicyclic) bond motifs is 1. The number of pyridine rings is 1. The first kappa shape index (κ1) is 17.0. The maximum Gasteiger partial charge on any atom is 0.228 e. The second kappa shape index (κ2) is 6.67. The van der Waals surface area contributed by atoms with Crippen molar-refractivity contribution in [2.24, 2.45) is 7.05 Å². The van der Waals surface area contributed by atoms with Crippen LogP contribution in [-0.2, 0) is 7.05 Å². The third kappa shape index (κ3) is 3.07. The molecule has 4 aromatic rings. The largest absolute Gasteiger partial charge is 0.482 e. The van der Waals surface area contributed by atoms with E-state index in [1.54, 1.807) is 24.2 Å². The SMILES string of the molecule is COc1cc(-c2ccnc(Nc3ccnn3C)n2)cc2nnc(C(C)C)n12. The van der Waals surface area contributed by atoms with E-state index in [2.05, 4.69) is 44.4 Å². The molecule has 0 aliphatic heterocycles. The molecule has 0 aliphatic rings. The minimum atomic E-state index is 0.230. The van der Waals surface area contributed by atoms with Gasteiger partial charge in [-0.1, -0.05) is 13.8 Å². The second-order valence-electron chi connectivity index (χ2n) is 6.42. The van der Waals surface area contributed by atoms with Crippen molar-refractivity contribution >= 4 is 17.4 Å². The summed E-state index contributed by atoms with van der Waals surface area (Å²) in [6.07, 6.45) is 3.42. The molecule has 0 aromatic carbocycles. The molecule has 27 heavy (non-hydrogen) atoms. The monoisotopic (exact) mass is 364 g/mol. The quantitative estimate of drug-likeness (QED) is 0.582. The molecular formula is C18H20N8O. The Morgan fingerprint density at radius 1 is 1.11 bits per heavy atom. The molecule has 4 aromatic heterocycles. The number of nitrogens with one attached hydrogen (secondary N) is 1. The Hall–Kier alpha value is -3.49. The van der Waals surface area contributed by atoms with E-state index in [1.807, 2.05) is 35.7 Å². The van der Waals surface area contributed by atoms with E-state index in [0.29, 0.717) is 17.5 Å². The Morgan fingerprint density at radius 3 is 2.67 bits per heavy atom. The van der Waals surface area contributed by atoms with Crippen molar-refractivity contribution in [2.45, 2.75) is 19.8 Å². The Bertz CT molecular complexity index is 1100. The van der Waals surface area contributed by atoms with E-state index in [-0.39, 0.29) is 5.92 Å². The van der Waals surface area contributed by atoms with Crippen LogP contribution < -0.4 is 10.1 Å². The molecule has 0 atom stereocenters. The Balaban J connectivity index is 1.76. The third-order valence-corrected chi connectivity index (χ3v) is 4.23. The van der Waals surface area contributed by atoms with E-state index in [1.165, 1.54) is 0 Å². The fourth-order valence-corrected chi connectivity index (χ4v) is 2.87. The van der Waals surface area contributed by atoms with Crippen LogP contribution in [-0.4, -0.2) is 41.5 Å². The number of aromatic nitrogens is 7. The molecule has 4 heterocycles. The minimum absolute atomic E-state index is 0.230. The summed E-state index contributed by atoms with van der Waals surface area (Å²) in [5, 5.41) is 15.9. The molecule has 4 rings (SSSR count). The molecular weight excluding hydrogens is 344 g/mol. The Morgan fingerprint density at radius 2 is 1.96 bits per heavy atom. The van der Waals surface area contributed by atoms with E-state index < -0.39 is 0 Å². The lowest BCUT2D eigenvalue weighted by Gasteiger charge is -2.11. The predicted octanol–water partition coefficient (Wildman–Crippen LogP) is 2.80.